The number of fused-ring (bicyclic) bond motifs is 1. The van der Waals surface area contributed by atoms with E-state index in [9.17, 15) is 5.26 Å². The molecule has 0 spiro atoms. The Morgan fingerprint density at radius 2 is 1.72 bits per heavy atom. The van der Waals surface area contributed by atoms with Crippen LogP contribution in [0, 0.1) is 11.3 Å². The first-order valence-corrected chi connectivity index (χ1v) is 9.66. The second-order valence-electron chi connectivity index (χ2n) is 6.92. The van der Waals surface area contributed by atoms with Gasteiger partial charge in [-0.2, -0.15) is 5.26 Å². The Bertz CT molecular complexity index is 1240. The van der Waals surface area contributed by atoms with Crippen LogP contribution >= 0.6 is 0 Å². The molecule has 0 bridgehead atoms. The number of aromatic amines is 1. The molecule has 2 heterocycles. The van der Waals surface area contributed by atoms with Gasteiger partial charge in [0.2, 0.25) is 11.8 Å². The normalized spacial score (nSPS) is 14.8. The van der Waals surface area contributed by atoms with Crippen molar-refractivity contribution in [1.82, 2.24) is 10.2 Å². The molecule has 0 aliphatic carbocycles. The summed E-state index contributed by atoms with van der Waals surface area (Å²) in [6.45, 7) is 0. The summed E-state index contributed by atoms with van der Waals surface area (Å²) in [5, 5.41) is 17.3. The lowest BCUT2D eigenvalue weighted by atomic mass is 9.82. The molecule has 3 N–H and O–H groups in total. The zero-order chi connectivity index (χ0) is 22.8. The fourth-order valence-corrected chi connectivity index (χ4v) is 3.83. The molecule has 2 aromatic carbocycles. The minimum atomic E-state index is -0.626. The summed E-state index contributed by atoms with van der Waals surface area (Å²) < 4.78 is 27.6. The van der Waals surface area contributed by atoms with Crippen molar-refractivity contribution in [3.63, 3.8) is 0 Å². The maximum absolute atomic E-state index is 9.98. The summed E-state index contributed by atoms with van der Waals surface area (Å²) >= 11 is 0. The Morgan fingerprint density at radius 3 is 2.38 bits per heavy atom. The summed E-state index contributed by atoms with van der Waals surface area (Å²) in [5.74, 6) is 1.79. The second kappa shape index (κ2) is 8.43. The molecular weight excluding hydrogens is 412 g/mol. The summed E-state index contributed by atoms with van der Waals surface area (Å²) in [5.41, 5.74) is 9.12. The van der Waals surface area contributed by atoms with E-state index in [0.717, 1.165) is 5.56 Å². The van der Waals surface area contributed by atoms with Gasteiger partial charge in [0.25, 0.3) is 0 Å². The quantitative estimate of drug-likeness (QED) is 0.605. The van der Waals surface area contributed by atoms with Crippen molar-refractivity contribution in [2.75, 3.05) is 28.4 Å². The molecule has 4 rings (SSSR count). The van der Waals surface area contributed by atoms with Gasteiger partial charge >= 0.3 is 0 Å². The molecule has 9 heteroatoms. The van der Waals surface area contributed by atoms with Crippen molar-refractivity contribution < 1.29 is 23.7 Å². The summed E-state index contributed by atoms with van der Waals surface area (Å²) in [6, 6.07) is 13.1. The van der Waals surface area contributed by atoms with Crippen LogP contribution in [0.3, 0.4) is 0 Å². The number of allylic oxidation sites excluding steroid dienone is 1. The van der Waals surface area contributed by atoms with Gasteiger partial charge in [0.1, 0.15) is 23.1 Å². The lowest BCUT2D eigenvalue weighted by Crippen LogP contribution is -2.21. The third kappa shape index (κ3) is 3.32. The van der Waals surface area contributed by atoms with Crippen LogP contribution in [0.25, 0.3) is 11.3 Å². The van der Waals surface area contributed by atoms with Crippen molar-refractivity contribution in [1.29, 1.82) is 5.26 Å². The van der Waals surface area contributed by atoms with Gasteiger partial charge in [0, 0.05) is 17.2 Å². The molecule has 32 heavy (non-hydrogen) atoms. The second-order valence-corrected chi connectivity index (χ2v) is 6.92. The van der Waals surface area contributed by atoms with Crippen LogP contribution in [0.5, 0.6) is 28.9 Å². The standard InChI is InChI=1S/C23H22N4O5/c1-28-13-7-5-6-12(8-13)21-20-19(15(11-24)22(25)32-23(20)27-26-21)14-9-17(30-3)18(31-4)10-16(14)29-2/h5-10,19H,25H2,1-4H3,(H,26,27)/t19-/m0/s1. The molecule has 1 aromatic heterocycles. The Balaban J connectivity index is 2.00. The van der Waals surface area contributed by atoms with E-state index in [1.54, 1.807) is 40.6 Å². The van der Waals surface area contributed by atoms with E-state index in [0.29, 0.717) is 39.8 Å². The number of nitriles is 1. The fourth-order valence-electron chi connectivity index (χ4n) is 3.83. The lowest BCUT2D eigenvalue weighted by molar-refractivity contribution is 0.346. The molecule has 1 atom stereocenters. The van der Waals surface area contributed by atoms with E-state index in [4.69, 9.17) is 29.4 Å². The van der Waals surface area contributed by atoms with Gasteiger partial charge in [0.05, 0.1) is 45.6 Å². The zero-order valence-corrected chi connectivity index (χ0v) is 18.1. The molecule has 9 nitrogen and oxygen atoms in total. The smallest absolute Gasteiger partial charge is 0.244 e. The van der Waals surface area contributed by atoms with Crippen molar-refractivity contribution in [3.8, 4) is 46.2 Å². The SMILES string of the molecule is COc1cccc(-c2[nH]nc3c2[C@@H](c2cc(OC)c(OC)cc2OC)C(C#N)=C(N)O3)c1. The zero-order valence-electron chi connectivity index (χ0n) is 18.1. The Morgan fingerprint density at radius 1 is 1.00 bits per heavy atom. The number of ether oxygens (including phenoxy) is 5. The number of H-pyrrole nitrogens is 1. The number of methoxy groups -OCH3 is 4. The number of nitrogens with two attached hydrogens (primary N) is 1. The first-order chi connectivity index (χ1) is 15.6. The number of hydrogen-bond acceptors (Lipinski definition) is 8. The average molecular weight is 434 g/mol. The first kappa shape index (κ1) is 20.9. The van der Waals surface area contributed by atoms with Gasteiger partial charge in [-0.05, 0) is 18.2 Å². The largest absolute Gasteiger partial charge is 0.497 e. The molecule has 164 valence electrons. The highest BCUT2D eigenvalue weighted by Crippen LogP contribution is 2.50. The molecule has 0 amide bonds. The third-order valence-electron chi connectivity index (χ3n) is 5.34. The maximum atomic E-state index is 9.98. The predicted molar refractivity (Wildman–Crippen MR) is 116 cm³/mol. The highest BCUT2D eigenvalue weighted by molar-refractivity contribution is 5.73. The van der Waals surface area contributed by atoms with Gasteiger partial charge in [-0.25, -0.2) is 0 Å². The van der Waals surface area contributed by atoms with Gasteiger partial charge in [-0.15, -0.1) is 5.10 Å². The van der Waals surface area contributed by atoms with Crippen LogP contribution in [0.4, 0.5) is 0 Å². The molecule has 0 fully saturated rings. The molecule has 1 aliphatic rings. The monoisotopic (exact) mass is 434 g/mol. The van der Waals surface area contributed by atoms with Crippen LogP contribution in [0.15, 0.2) is 47.9 Å². The van der Waals surface area contributed by atoms with Crippen LogP contribution in [-0.2, 0) is 0 Å². The number of hydrogen-bond donors (Lipinski definition) is 2. The number of benzene rings is 2. The number of rotatable bonds is 6. The minimum absolute atomic E-state index is 0.0227. The number of nitrogens with zero attached hydrogens (tertiary/aromatic N) is 2. The van der Waals surface area contributed by atoms with Crippen LogP contribution in [0.1, 0.15) is 17.0 Å². The first-order valence-electron chi connectivity index (χ1n) is 9.66. The highest BCUT2D eigenvalue weighted by atomic mass is 16.5. The molecule has 0 radical (unpaired) electrons. The summed E-state index contributed by atoms with van der Waals surface area (Å²) in [6.07, 6.45) is 0. The van der Waals surface area contributed by atoms with Gasteiger partial charge < -0.3 is 29.4 Å². The molecule has 0 unspecified atom stereocenters. The van der Waals surface area contributed by atoms with E-state index < -0.39 is 5.92 Å². The molecular formula is C23H22N4O5. The van der Waals surface area contributed by atoms with Crippen molar-refractivity contribution in [2.24, 2.45) is 5.73 Å². The molecule has 0 saturated carbocycles. The van der Waals surface area contributed by atoms with E-state index in [1.165, 1.54) is 0 Å². The molecule has 1 aliphatic heterocycles. The maximum Gasteiger partial charge on any atom is 0.244 e. The fraction of sp³-hybridized carbons (Fsp3) is 0.217. The molecule has 0 saturated heterocycles. The van der Waals surface area contributed by atoms with Crippen molar-refractivity contribution >= 4 is 0 Å². The van der Waals surface area contributed by atoms with Crippen LogP contribution < -0.4 is 29.4 Å². The van der Waals surface area contributed by atoms with Gasteiger partial charge in [0.15, 0.2) is 11.5 Å². The summed E-state index contributed by atoms with van der Waals surface area (Å²) in [7, 11) is 6.22. The van der Waals surface area contributed by atoms with E-state index >= 15 is 0 Å². The number of aromatic nitrogens is 2. The Labute approximate surface area is 184 Å². The van der Waals surface area contributed by atoms with Crippen molar-refractivity contribution in [2.45, 2.75) is 5.92 Å². The third-order valence-corrected chi connectivity index (χ3v) is 5.34. The minimum Gasteiger partial charge on any atom is -0.497 e. The van der Waals surface area contributed by atoms with E-state index in [1.807, 2.05) is 24.3 Å². The van der Waals surface area contributed by atoms with E-state index in [-0.39, 0.29) is 17.3 Å². The van der Waals surface area contributed by atoms with Crippen LogP contribution in [0.2, 0.25) is 0 Å². The molecule has 3 aromatic rings. The Hall–Kier alpha value is -4.32. The average Bonchev–Trinajstić information content (AvgIpc) is 3.25. The highest BCUT2D eigenvalue weighted by Gasteiger charge is 2.38. The lowest BCUT2D eigenvalue weighted by Gasteiger charge is -2.26. The van der Waals surface area contributed by atoms with Gasteiger partial charge in [-0.1, -0.05) is 12.1 Å². The van der Waals surface area contributed by atoms with Gasteiger partial charge in [-0.3, -0.25) is 5.10 Å². The summed E-state index contributed by atoms with van der Waals surface area (Å²) in [4.78, 5) is 0. The topological polar surface area (TPSA) is 125 Å². The number of nitrogens with one attached hydrogen (secondary N) is 1. The van der Waals surface area contributed by atoms with Crippen molar-refractivity contribution in [3.05, 3.63) is 59.0 Å². The Kier molecular flexibility index (Phi) is 5.52. The van der Waals surface area contributed by atoms with E-state index in [2.05, 4.69) is 16.3 Å². The van der Waals surface area contributed by atoms with Crippen LogP contribution in [-0.4, -0.2) is 38.6 Å². The predicted octanol–water partition coefficient (Wildman–Crippen LogP) is 3.33.